The summed E-state index contributed by atoms with van der Waals surface area (Å²) in [4.78, 5) is 131. The van der Waals surface area contributed by atoms with Gasteiger partial charge in [0.25, 0.3) is 35.4 Å². The third kappa shape index (κ3) is 14.0. The van der Waals surface area contributed by atoms with Crippen molar-refractivity contribution in [1.29, 1.82) is 0 Å². The molecule has 0 radical (unpaired) electrons. The molecule has 2 saturated heterocycles. The summed E-state index contributed by atoms with van der Waals surface area (Å²) in [5, 5.41) is 5.43. The van der Waals surface area contributed by atoms with Gasteiger partial charge in [-0.2, -0.15) is 0 Å². The van der Waals surface area contributed by atoms with Crippen LogP contribution in [0.15, 0.2) is 24.3 Å². The summed E-state index contributed by atoms with van der Waals surface area (Å²) in [6, 6.07) is 0. The molecule has 0 bridgehead atoms. The van der Waals surface area contributed by atoms with Crippen molar-refractivity contribution in [3.63, 3.8) is 0 Å². The van der Waals surface area contributed by atoms with Crippen molar-refractivity contribution >= 4 is 65.0 Å². The van der Waals surface area contributed by atoms with E-state index in [1.165, 1.54) is 24.1 Å². The number of nitrogens with zero attached hydrogens (tertiary/aromatic N) is 4. The highest BCUT2D eigenvalue weighted by atomic mass is 16.7. The number of carbonyl (C=O) groups excluding carboxylic acids is 11. The summed E-state index contributed by atoms with van der Waals surface area (Å²) in [6.45, 7) is 2.49. The highest BCUT2D eigenvalue weighted by Gasteiger charge is 2.35. The van der Waals surface area contributed by atoms with Crippen LogP contribution >= 0.6 is 0 Å². The maximum absolute atomic E-state index is 11.5. The molecule has 4 rings (SSSR count). The first-order chi connectivity index (χ1) is 24.2. The van der Waals surface area contributed by atoms with Gasteiger partial charge in [-0.15, -0.1) is 5.06 Å². The summed E-state index contributed by atoms with van der Waals surface area (Å²) in [5.74, 6) is -3.87. The van der Waals surface area contributed by atoms with Crippen molar-refractivity contribution in [3.05, 3.63) is 24.3 Å². The zero-order valence-electron chi connectivity index (χ0n) is 29.1. The highest BCUT2D eigenvalue weighted by Crippen LogP contribution is 2.19. The Hall–Kier alpha value is -5.59. The number of hydroxylamine groups is 2. The van der Waals surface area contributed by atoms with Crippen molar-refractivity contribution in [2.75, 3.05) is 40.8 Å². The van der Waals surface area contributed by atoms with E-state index in [1.54, 1.807) is 21.0 Å². The third-order valence-corrected chi connectivity index (χ3v) is 7.36. The van der Waals surface area contributed by atoms with Gasteiger partial charge in [-0.05, 0) is 26.3 Å². The van der Waals surface area contributed by atoms with Crippen molar-refractivity contribution in [3.8, 4) is 0 Å². The Labute approximate surface area is 294 Å². The zero-order chi connectivity index (χ0) is 38.7. The van der Waals surface area contributed by atoms with Gasteiger partial charge < -0.3 is 21.2 Å². The molecule has 0 aliphatic carbocycles. The van der Waals surface area contributed by atoms with Gasteiger partial charge in [-0.3, -0.25) is 62.6 Å². The smallest absolute Gasteiger partial charge is 0.333 e. The molecule has 4 aliphatic rings. The lowest BCUT2D eigenvalue weighted by Gasteiger charge is -2.14. The van der Waals surface area contributed by atoms with Gasteiger partial charge >= 0.3 is 5.97 Å². The fraction of sp³-hybridized carbons (Fsp3) is 0.531. The molecular weight excluding hydrogens is 674 g/mol. The van der Waals surface area contributed by atoms with Crippen LogP contribution in [0.3, 0.4) is 0 Å². The minimum Gasteiger partial charge on any atom is -0.359 e. The molecule has 0 aromatic heterocycles. The number of amides is 10. The molecule has 51 heavy (non-hydrogen) atoms. The summed E-state index contributed by atoms with van der Waals surface area (Å²) < 4.78 is 0. The second kappa shape index (κ2) is 22.2. The number of nitrogens with two attached hydrogens (primary N) is 1. The van der Waals surface area contributed by atoms with Crippen molar-refractivity contribution in [2.24, 2.45) is 11.7 Å². The molecule has 0 aromatic rings. The van der Waals surface area contributed by atoms with E-state index >= 15 is 0 Å². The number of carbonyl (C=O) groups is 11. The van der Waals surface area contributed by atoms with Gasteiger partial charge in [0.1, 0.15) is 0 Å². The lowest BCUT2D eigenvalue weighted by atomic mass is 10.1. The van der Waals surface area contributed by atoms with Crippen LogP contribution in [0.25, 0.3) is 0 Å². The average Bonchev–Trinajstić information content (AvgIpc) is 3.80. The van der Waals surface area contributed by atoms with Crippen molar-refractivity contribution in [2.45, 2.75) is 64.7 Å². The van der Waals surface area contributed by atoms with Crippen LogP contribution in [0, 0.1) is 5.92 Å². The quantitative estimate of drug-likeness (QED) is 0.178. The second-order valence-corrected chi connectivity index (χ2v) is 11.0. The number of nitrogens with one attached hydrogen (secondary N) is 2. The van der Waals surface area contributed by atoms with E-state index in [0.717, 1.165) is 22.0 Å². The minimum absolute atomic E-state index is 0.0363. The molecule has 0 aromatic carbocycles. The number of hydrogen-bond donors (Lipinski definition) is 3. The average molecular weight is 720 g/mol. The van der Waals surface area contributed by atoms with E-state index in [1.807, 2.05) is 0 Å². The lowest BCUT2D eigenvalue weighted by molar-refractivity contribution is -0.197. The van der Waals surface area contributed by atoms with Crippen molar-refractivity contribution < 1.29 is 57.6 Å². The first-order valence-corrected chi connectivity index (χ1v) is 16.2. The zero-order valence-corrected chi connectivity index (χ0v) is 29.1. The molecule has 4 N–H and O–H groups in total. The van der Waals surface area contributed by atoms with E-state index in [0.29, 0.717) is 50.3 Å². The Morgan fingerprint density at radius 1 is 0.647 bits per heavy atom. The third-order valence-electron chi connectivity index (χ3n) is 7.36. The lowest BCUT2D eigenvalue weighted by Crippen LogP contribution is -2.33. The molecule has 1 atom stereocenters. The molecule has 19 nitrogen and oxygen atoms in total. The SMILES string of the molecule is CN.CNC(=O)CCCN1C(=O)C=CC1=O.CNC(=O)CCCN1C(=O)CC(C)C1=O.O=C(CCCN1C(=O)C=CC1=O)ON1C(=O)CCC1=O. The number of likely N-dealkylation sites (tertiary alicyclic amines) is 1. The number of hydrogen-bond acceptors (Lipinski definition) is 13. The van der Waals surface area contributed by atoms with Gasteiger partial charge in [-0.25, -0.2) is 4.79 Å². The molecule has 2 fully saturated rings. The van der Waals surface area contributed by atoms with Crippen molar-refractivity contribution in [1.82, 2.24) is 30.4 Å². The monoisotopic (exact) mass is 719 g/mol. The van der Waals surface area contributed by atoms with Crippen LogP contribution in [0.1, 0.15) is 64.7 Å². The van der Waals surface area contributed by atoms with E-state index in [2.05, 4.69) is 21.2 Å². The molecule has 10 amide bonds. The predicted octanol–water partition coefficient (Wildman–Crippen LogP) is -1.78. The Balaban J connectivity index is 0.000000381. The normalized spacial score (nSPS) is 17.6. The first kappa shape index (κ1) is 43.4. The summed E-state index contributed by atoms with van der Waals surface area (Å²) in [7, 11) is 4.62. The molecule has 19 heteroatoms. The second-order valence-electron chi connectivity index (χ2n) is 11.0. The standard InChI is InChI=1S/C12H12N2O6.C10H16N2O3.C9H12N2O3.CH5N/c15-8-3-4-9(16)13(8)7-1-2-12(19)20-14-10(17)5-6-11(14)18;1-7-6-9(14)12(10(7)15)5-3-4-8(13)11-2;1-10-7(12)3-2-6-11-8(13)4-5-9(11)14;1-2/h3-4H,1-2,5-7H2;7H,3-6H2,1-2H3,(H,11,13);4-5H,2-3,6H2,1H3,(H,10,12);2H2,1H3. The van der Waals surface area contributed by atoms with Gasteiger partial charge in [0, 0.05) is 102 Å². The van der Waals surface area contributed by atoms with E-state index in [9.17, 15) is 52.7 Å². The maximum atomic E-state index is 11.5. The Kier molecular flexibility index (Phi) is 18.9. The van der Waals surface area contributed by atoms with Crippen LogP contribution in [-0.4, -0.2) is 126 Å². The fourth-order valence-electron chi connectivity index (χ4n) is 4.62. The van der Waals surface area contributed by atoms with Gasteiger partial charge in [-0.1, -0.05) is 6.92 Å². The number of rotatable bonds is 13. The molecule has 1 unspecified atom stereocenters. The summed E-state index contributed by atoms with van der Waals surface area (Å²) in [6.07, 6.45) is 6.97. The molecular formula is C32H45N7O12. The van der Waals surface area contributed by atoms with E-state index < -0.39 is 29.6 Å². The molecule has 0 saturated carbocycles. The van der Waals surface area contributed by atoms with Crippen LogP contribution in [0.4, 0.5) is 0 Å². The van der Waals surface area contributed by atoms with Gasteiger partial charge in [0.05, 0.1) is 0 Å². The maximum Gasteiger partial charge on any atom is 0.333 e. The van der Waals surface area contributed by atoms with Gasteiger partial charge in [0.2, 0.25) is 23.6 Å². The Morgan fingerprint density at radius 2 is 1.02 bits per heavy atom. The van der Waals surface area contributed by atoms with Crippen LogP contribution in [0.2, 0.25) is 0 Å². The van der Waals surface area contributed by atoms with E-state index in [-0.39, 0.29) is 73.6 Å². The molecule has 4 heterocycles. The first-order valence-electron chi connectivity index (χ1n) is 16.2. The van der Waals surface area contributed by atoms with Crippen LogP contribution in [-0.2, 0) is 57.6 Å². The topological polar surface area (TPSA) is 260 Å². The van der Waals surface area contributed by atoms with Crippen LogP contribution < -0.4 is 16.4 Å². The highest BCUT2D eigenvalue weighted by molar-refractivity contribution is 6.13. The van der Waals surface area contributed by atoms with Crippen LogP contribution in [0.5, 0.6) is 0 Å². The largest absolute Gasteiger partial charge is 0.359 e. The molecule has 4 aliphatic heterocycles. The van der Waals surface area contributed by atoms with Gasteiger partial charge in [0.15, 0.2) is 0 Å². The Morgan fingerprint density at radius 3 is 1.37 bits per heavy atom. The van der Waals surface area contributed by atoms with E-state index in [4.69, 9.17) is 0 Å². The predicted molar refractivity (Wildman–Crippen MR) is 175 cm³/mol. The number of imide groups is 4. The Bertz CT molecular complexity index is 1390. The summed E-state index contributed by atoms with van der Waals surface area (Å²) in [5.41, 5.74) is 4.50. The molecule has 280 valence electrons. The molecule has 0 spiro atoms. The fourth-order valence-corrected chi connectivity index (χ4v) is 4.62. The summed E-state index contributed by atoms with van der Waals surface area (Å²) >= 11 is 0. The minimum atomic E-state index is -0.749.